The molecule has 0 amide bonds. The Balaban J connectivity index is 1.46. The van der Waals surface area contributed by atoms with Crippen molar-refractivity contribution in [2.45, 2.75) is 71.1 Å². The van der Waals surface area contributed by atoms with Crippen LogP contribution in [0, 0.1) is 17.7 Å². The number of hydrogen-bond donors (Lipinski definition) is 0. The van der Waals surface area contributed by atoms with Crippen LogP contribution in [0.15, 0.2) is 36.4 Å². The number of benzene rings is 2. The molecular formula is C23H31F. The summed E-state index contributed by atoms with van der Waals surface area (Å²) in [7, 11) is 0. The van der Waals surface area contributed by atoms with Gasteiger partial charge in [-0.15, -0.1) is 0 Å². The second-order valence-electron chi connectivity index (χ2n) is 7.75. The van der Waals surface area contributed by atoms with Gasteiger partial charge in [0.25, 0.3) is 0 Å². The van der Waals surface area contributed by atoms with Crippen molar-refractivity contribution in [2.24, 2.45) is 11.8 Å². The molecule has 130 valence electrons. The molecule has 2 aromatic carbocycles. The van der Waals surface area contributed by atoms with E-state index >= 15 is 0 Å². The number of unbranched alkanes of at least 4 members (excludes halogenated alkanes) is 2. The summed E-state index contributed by atoms with van der Waals surface area (Å²) >= 11 is 0. The molecule has 3 rings (SSSR count). The zero-order chi connectivity index (χ0) is 16.8. The maximum atomic E-state index is 13.3. The largest absolute Gasteiger partial charge is 0.207 e. The zero-order valence-electron chi connectivity index (χ0n) is 15.1. The Bertz CT molecular complexity index is 638. The van der Waals surface area contributed by atoms with Crippen molar-refractivity contribution >= 4 is 10.8 Å². The molecule has 1 aliphatic rings. The van der Waals surface area contributed by atoms with Gasteiger partial charge in [-0.05, 0) is 53.1 Å². The fourth-order valence-electron chi connectivity index (χ4n) is 4.28. The summed E-state index contributed by atoms with van der Waals surface area (Å²) in [6.07, 6.45) is 13.9. The van der Waals surface area contributed by atoms with Crippen LogP contribution in [0.25, 0.3) is 10.8 Å². The molecule has 1 saturated carbocycles. The Hall–Kier alpha value is -1.37. The van der Waals surface area contributed by atoms with Gasteiger partial charge < -0.3 is 0 Å². The van der Waals surface area contributed by atoms with Crippen LogP contribution in [-0.2, 0) is 6.42 Å². The van der Waals surface area contributed by atoms with Crippen LogP contribution < -0.4 is 0 Å². The van der Waals surface area contributed by atoms with Crippen molar-refractivity contribution in [3.8, 4) is 0 Å². The summed E-state index contributed by atoms with van der Waals surface area (Å²) in [6.45, 7) is 2.29. The Kier molecular flexibility index (Phi) is 6.29. The highest BCUT2D eigenvalue weighted by atomic mass is 19.1. The van der Waals surface area contributed by atoms with Gasteiger partial charge in [0.15, 0.2) is 0 Å². The Labute approximate surface area is 146 Å². The van der Waals surface area contributed by atoms with Crippen LogP contribution in [0.4, 0.5) is 4.39 Å². The topological polar surface area (TPSA) is 0 Å². The van der Waals surface area contributed by atoms with E-state index in [-0.39, 0.29) is 5.82 Å². The second-order valence-corrected chi connectivity index (χ2v) is 7.75. The third-order valence-electron chi connectivity index (χ3n) is 5.89. The lowest BCUT2D eigenvalue weighted by Crippen LogP contribution is -2.15. The summed E-state index contributed by atoms with van der Waals surface area (Å²) in [5.74, 6) is 1.77. The highest BCUT2D eigenvalue weighted by Gasteiger charge is 2.20. The van der Waals surface area contributed by atoms with E-state index in [1.807, 2.05) is 6.07 Å². The fraction of sp³-hybridized carbons (Fsp3) is 0.565. The van der Waals surface area contributed by atoms with E-state index in [1.165, 1.54) is 69.8 Å². The van der Waals surface area contributed by atoms with Crippen molar-refractivity contribution < 1.29 is 4.39 Å². The molecular weight excluding hydrogens is 295 g/mol. The molecule has 0 nitrogen and oxygen atoms in total. The van der Waals surface area contributed by atoms with Crippen LogP contribution in [0.1, 0.15) is 70.3 Å². The van der Waals surface area contributed by atoms with Crippen molar-refractivity contribution in [1.29, 1.82) is 0 Å². The Morgan fingerprint density at radius 3 is 2.25 bits per heavy atom. The predicted octanol–water partition coefficient (Wildman–Crippen LogP) is 7.30. The minimum atomic E-state index is -0.147. The van der Waals surface area contributed by atoms with Gasteiger partial charge in [0.1, 0.15) is 5.82 Å². The molecule has 0 atom stereocenters. The number of rotatable bonds is 7. The van der Waals surface area contributed by atoms with E-state index in [0.29, 0.717) is 0 Å². The third-order valence-corrected chi connectivity index (χ3v) is 5.89. The summed E-state index contributed by atoms with van der Waals surface area (Å²) < 4.78 is 13.3. The summed E-state index contributed by atoms with van der Waals surface area (Å²) in [4.78, 5) is 0. The lowest BCUT2D eigenvalue weighted by atomic mass is 9.77. The molecule has 1 heteroatoms. The quantitative estimate of drug-likeness (QED) is 0.468. The summed E-state index contributed by atoms with van der Waals surface area (Å²) in [5, 5.41) is 2.17. The first-order chi connectivity index (χ1) is 11.7. The van der Waals surface area contributed by atoms with Crippen molar-refractivity contribution in [3.63, 3.8) is 0 Å². The van der Waals surface area contributed by atoms with E-state index < -0.39 is 0 Å². The molecule has 0 unspecified atom stereocenters. The smallest absolute Gasteiger partial charge is 0.123 e. The molecule has 0 N–H and O–H groups in total. The lowest BCUT2D eigenvalue weighted by molar-refractivity contribution is 0.249. The van der Waals surface area contributed by atoms with Gasteiger partial charge in [-0.2, -0.15) is 0 Å². The van der Waals surface area contributed by atoms with Crippen molar-refractivity contribution in [2.75, 3.05) is 0 Å². The van der Waals surface area contributed by atoms with Gasteiger partial charge in [0, 0.05) is 0 Å². The van der Waals surface area contributed by atoms with Gasteiger partial charge in [-0.3, -0.25) is 0 Å². The molecule has 0 heterocycles. The maximum Gasteiger partial charge on any atom is 0.123 e. The number of fused-ring (bicyclic) bond motifs is 1. The number of hydrogen-bond acceptors (Lipinski definition) is 0. The van der Waals surface area contributed by atoms with E-state index in [4.69, 9.17) is 0 Å². The molecule has 0 aliphatic heterocycles. The Morgan fingerprint density at radius 1 is 0.833 bits per heavy atom. The molecule has 0 spiro atoms. The first-order valence-electron chi connectivity index (χ1n) is 9.93. The highest BCUT2D eigenvalue weighted by molar-refractivity contribution is 5.83. The second kappa shape index (κ2) is 8.65. The van der Waals surface area contributed by atoms with Crippen LogP contribution >= 0.6 is 0 Å². The zero-order valence-corrected chi connectivity index (χ0v) is 15.1. The first kappa shape index (κ1) is 17.5. The van der Waals surface area contributed by atoms with E-state index in [2.05, 4.69) is 25.1 Å². The van der Waals surface area contributed by atoms with Gasteiger partial charge in [-0.25, -0.2) is 4.39 Å². The summed E-state index contributed by atoms with van der Waals surface area (Å²) in [6, 6.07) is 11.6. The first-order valence-corrected chi connectivity index (χ1v) is 9.93. The molecule has 0 saturated heterocycles. The monoisotopic (exact) mass is 326 g/mol. The predicted molar refractivity (Wildman–Crippen MR) is 102 cm³/mol. The van der Waals surface area contributed by atoms with E-state index in [9.17, 15) is 4.39 Å². The molecule has 1 fully saturated rings. The van der Waals surface area contributed by atoms with Crippen LogP contribution in [0.2, 0.25) is 0 Å². The molecule has 0 radical (unpaired) electrons. The molecule has 0 aromatic heterocycles. The van der Waals surface area contributed by atoms with E-state index in [1.54, 1.807) is 12.1 Å². The van der Waals surface area contributed by atoms with Gasteiger partial charge in [-0.1, -0.05) is 82.6 Å². The standard InChI is InChI=1S/C23H31F/c1-2-3-4-5-18-6-8-19(9-7-18)10-11-20-12-13-22-17-23(24)15-14-21(22)16-20/h12-19H,2-11H2,1H3/t18-,19-. The maximum absolute atomic E-state index is 13.3. The van der Waals surface area contributed by atoms with Gasteiger partial charge >= 0.3 is 0 Å². The molecule has 24 heavy (non-hydrogen) atoms. The van der Waals surface area contributed by atoms with Gasteiger partial charge in [0.05, 0.1) is 0 Å². The van der Waals surface area contributed by atoms with Crippen LogP contribution in [0.3, 0.4) is 0 Å². The minimum absolute atomic E-state index is 0.147. The van der Waals surface area contributed by atoms with Crippen molar-refractivity contribution in [3.05, 3.63) is 47.8 Å². The fourth-order valence-corrected chi connectivity index (χ4v) is 4.28. The summed E-state index contributed by atoms with van der Waals surface area (Å²) in [5.41, 5.74) is 1.40. The molecule has 1 aliphatic carbocycles. The average Bonchev–Trinajstić information content (AvgIpc) is 2.61. The normalized spacial score (nSPS) is 21.2. The number of aryl methyl sites for hydroxylation is 1. The van der Waals surface area contributed by atoms with E-state index in [0.717, 1.165) is 22.6 Å². The lowest BCUT2D eigenvalue weighted by Gasteiger charge is -2.28. The molecule has 0 bridgehead atoms. The van der Waals surface area contributed by atoms with Crippen LogP contribution in [-0.4, -0.2) is 0 Å². The van der Waals surface area contributed by atoms with Crippen molar-refractivity contribution in [1.82, 2.24) is 0 Å². The highest BCUT2D eigenvalue weighted by Crippen LogP contribution is 2.34. The van der Waals surface area contributed by atoms with Crippen LogP contribution in [0.5, 0.6) is 0 Å². The van der Waals surface area contributed by atoms with Gasteiger partial charge in [0.2, 0.25) is 0 Å². The number of halogens is 1. The minimum Gasteiger partial charge on any atom is -0.207 e. The Morgan fingerprint density at radius 2 is 1.50 bits per heavy atom. The SMILES string of the molecule is CCCCC[C@H]1CC[C@H](CCc2ccc3cc(F)ccc3c2)CC1. The molecule has 2 aromatic rings. The average molecular weight is 326 g/mol. The third kappa shape index (κ3) is 4.82.